The summed E-state index contributed by atoms with van der Waals surface area (Å²) in [7, 11) is 0. The van der Waals surface area contributed by atoms with Gasteiger partial charge < -0.3 is 10.4 Å². The molecular formula is C24H22BrClF3N3O2. The summed E-state index contributed by atoms with van der Waals surface area (Å²) in [5.41, 5.74) is -0.0672. The summed E-state index contributed by atoms with van der Waals surface area (Å²) in [4.78, 5) is 16.6. The number of nitrogens with zero attached hydrogens (tertiary/aromatic N) is 2. The van der Waals surface area contributed by atoms with E-state index in [1.54, 1.807) is 6.07 Å². The van der Waals surface area contributed by atoms with Gasteiger partial charge in [-0.15, -0.1) is 0 Å². The molecule has 0 spiro atoms. The number of hydrogen-bond acceptors (Lipinski definition) is 4. The van der Waals surface area contributed by atoms with E-state index in [0.29, 0.717) is 32.7 Å². The van der Waals surface area contributed by atoms with Crippen LogP contribution < -0.4 is 5.32 Å². The lowest BCUT2D eigenvalue weighted by Crippen LogP contribution is -2.48. The number of amides is 1. The van der Waals surface area contributed by atoms with Crippen LogP contribution in [0.1, 0.15) is 11.1 Å². The molecule has 0 radical (unpaired) electrons. The molecule has 180 valence electrons. The molecule has 0 atom stereocenters. The molecule has 1 fully saturated rings. The molecule has 0 saturated carbocycles. The van der Waals surface area contributed by atoms with Crippen molar-refractivity contribution in [3.05, 3.63) is 69.2 Å². The van der Waals surface area contributed by atoms with Crippen molar-refractivity contribution in [3.8, 4) is 5.75 Å². The third-order valence-electron chi connectivity index (χ3n) is 5.84. The van der Waals surface area contributed by atoms with Crippen LogP contribution in [0.2, 0.25) is 5.02 Å². The Morgan fingerprint density at radius 1 is 1.03 bits per heavy atom. The SMILES string of the molecule is O=C(CN1CCN(Cc2c(O)ccc3cc(Br)ccc23)CC1)Nc1ccc(Cl)c(C(F)(F)F)c1. The van der Waals surface area contributed by atoms with Gasteiger partial charge in [0, 0.05) is 48.4 Å². The minimum Gasteiger partial charge on any atom is -0.508 e. The largest absolute Gasteiger partial charge is 0.508 e. The second kappa shape index (κ2) is 10.1. The van der Waals surface area contributed by atoms with Gasteiger partial charge in [0.2, 0.25) is 5.91 Å². The third kappa shape index (κ3) is 5.83. The van der Waals surface area contributed by atoms with E-state index in [9.17, 15) is 23.1 Å². The lowest BCUT2D eigenvalue weighted by atomic mass is 10.0. The highest BCUT2D eigenvalue weighted by atomic mass is 79.9. The minimum atomic E-state index is -4.59. The number of anilines is 1. The van der Waals surface area contributed by atoms with E-state index in [2.05, 4.69) is 26.1 Å². The second-order valence-corrected chi connectivity index (χ2v) is 9.54. The zero-order valence-corrected chi connectivity index (χ0v) is 20.3. The van der Waals surface area contributed by atoms with Crippen LogP contribution in [0, 0.1) is 0 Å². The molecule has 1 saturated heterocycles. The van der Waals surface area contributed by atoms with E-state index in [1.807, 2.05) is 29.2 Å². The Kier molecular flexibility index (Phi) is 7.37. The number of carbonyl (C=O) groups excluding carboxylic acids is 1. The van der Waals surface area contributed by atoms with Crippen LogP contribution in [0.4, 0.5) is 18.9 Å². The number of aromatic hydroxyl groups is 1. The fourth-order valence-corrected chi connectivity index (χ4v) is 4.68. The maximum absolute atomic E-state index is 13.0. The number of benzene rings is 3. The minimum absolute atomic E-state index is 0.0541. The van der Waals surface area contributed by atoms with E-state index in [4.69, 9.17) is 11.6 Å². The number of phenolic OH excluding ortho intramolecular Hbond substituents is 1. The van der Waals surface area contributed by atoms with Gasteiger partial charge in [0.25, 0.3) is 0 Å². The fourth-order valence-electron chi connectivity index (χ4n) is 4.07. The van der Waals surface area contributed by atoms with Crippen LogP contribution in [0.5, 0.6) is 5.75 Å². The summed E-state index contributed by atoms with van der Waals surface area (Å²) in [6.07, 6.45) is -4.59. The van der Waals surface area contributed by atoms with Gasteiger partial charge in [0.1, 0.15) is 5.75 Å². The topological polar surface area (TPSA) is 55.8 Å². The van der Waals surface area contributed by atoms with Gasteiger partial charge in [0.05, 0.1) is 17.1 Å². The highest BCUT2D eigenvalue weighted by molar-refractivity contribution is 9.10. The predicted molar refractivity (Wildman–Crippen MR) is 130 cm³/mol. The van der Waals surface area contributed by atoms with E-state index in [-0.39, 0.29) is 23.9 Å². The lowest BCUT2D eigenvalue weighted by molar-refractivity contribution is -0.137. The van der Waals surface area contributed by atoms with E-state index in [1.165, 1.54) is 6.07 Å². The first kappa shape index (κ1) is 24.8. The van der Waals surface area contributed by atoms with Crippen LogP contribution in [-0.2, 0) is 17.5 Å². The average Bonchev–Trinajstić information content (AvgIpc) is 2.77. The number of rotatable bonds is 5. The van der Waals surface area contributed by atoms with Crippen molar-refractivity contribution in [2.45, 2.75) is 12.7 Å². The number of nitrogens with one attached hydrogen (secondary N) is 1. The normalized spacial score (nSPS) is 15.6. The van der Waals surface area contributed by atoms with Crippen molar-refractivity contribution in [1.29, 1.82) is 0 Å². The Labute approximate surface area is 208 Å². The molecule has 0 unspecified atom stereocenters. The molecular weight excluding hydrogens is 535 g/mol. The summed E-state index contributed by atoms with van der Waals surface area (Å²) >= 11 is 9.10. The molecule has 0 bridgehead atoms. The van der Waals surface area contributed by atoms with Gasteiger partial charge in [-0.2, -0.15) is 13.2 Å². The first-order valence-electron chi connectivity index (χ1n) is 10.6. The van der Waals surface area contributed by atoms with Crippen LogP contribution in [0.3, 0.4) is 0 Å². The highest BCUT2D eigenvalue weighted by Crippen LogP contribution is 2.36. The molecule has 1 amide bonds. The van der Waals surface area contributed by atoms with Crippen molar-refractivity contribution in [2.75, 3.05) is 38.0 Å². The van der Waals surface area contributed by atoms with E-state index in [0.717, 1.165) is 32.9 Å². The standard InChI is InChI=1S/C24H22BrClF3N3O2/c25-16-2-4-18-15(11-16)1-6-22(33)19(18)13-31-7-9-32(10-8-31)14-23(34)30-17-3-5-21(26)20(12-17)24(27,28)29/h1-6,11-12,33H,7-10,13-14H2,(H,30,34). The Hall–Kier alpha value is -2.33. The maximum Gasteiger partial charge on any atom is 0.417 e. The monoisotopic (exact) mass is 555 g/mol. The molecule has 1 aliphatic heterocycles. The number of piperazine rings is 1. The Morgan fingerprint density at radius 3 is 2.44 bits per heavy atom. The van der Waals surface area contributed by atoms with Crippen molar-refractivity contribution >= 4 is 49.9 Å². The van der Waals surface area contributed by atoms with Crippen molar-refractivity contribution < 1.29 is 23.1 Å². The molecule has 3 aromatic rings. The molecule has 1 heterocycles. The van der Waals surface area contributed by atoms with Gasteiger partial charge in [-0.25, -0.2) is 0 Å². The van der Waals surface area contributed by atoms with Gasteiger partial charge >= 0.3 is 6.18 Å². The average molecular weight is 557 g/mol. The van der Waals surface area contributed by atoms with E-state index >= 15 is 0 Å². The zero-order valence-electron chi connectivity index (χ0n) is 18.0. The molecule has 0 aromatic heterocycles. The number of alkyl halides is 3. The van der Waals surface area contributed by atoms with Crippen LogP contribution in [0.15, 0.2) is 53.0 Å². The summed E-state index contributed by atoms with van der Waals surface area (Å²) in [6, 6.07) is 12.8. The lowest BCUT2D eigenvalue weighted by Gasteiger charge is -2.34. The maximum atomic E-state index is 13.0. The van der Waals surface area contributed by atoms with Crippen molar-refractivity contribution in [2.24, 2.45) is 0 Å². The molecule has 1 aliphatic rings. The Morgan fingerprint density at radius 2 is 1.74 bits per heavy atom. The number of carbonyl (C=O) groups is 1. The number of hydrogen-bond donors (Lipinski definition) is 2. The number of phenols is 1. The third-order valence-corrected chi connectivity index (χ3v) is 6.66. The Balaban J connectivity index is 1.33. The predicted octanol–water partition coefficient (Wildman–Crippen LogP) is 5.74. The van der Waals surface area contributed by atoms with Gasteiger partial charge in [-0.1, -0.05) is 39.7 Å². The van der Waals surface area contributed by atoms with Crippen molar-refractivity contribution in [1.82, 2.24) is 9.80 Å². The van der Waals surface area contributed by atoms with Crippen LogP contribution >= 0.6 is 27.5 Å². The smallest absolute Gasteiger partial charge is 0.417 e. The summed E-state index contributed by atoms with van der Waals surface area (Å²) in [5.74, 6) is -0.140. The number of halogens is 5. The molecule has 0 aliphatic carbocycles. The molecule has 3 aromatic carbocycles. The first-order chi connectivity index (χ1) is 16.1. The summed E-state index contributed by atoms with van der Waals surface area (Å²) in [6.45, 7) is 3.29. The van der Waals surface area contributed by atoms with Crippen LogP contribution in [0.25, 0.3) is 10.8 Å². The fraction of sp³-hybridized carbons (Fsp3) is 0.292. The molecule has 4 rings (SSSR count). The second-order valence-electron chi connectivity index (χ2n) is 8.22. The zero-order chi connectivity index (χ0) is 24.5. The molecule has 2 N–H and O–H groups in total. The molecule has 34 heavy (non-hydrogen) atoms. The summed E-state index contributed by atoms with van der Waals surface area (Å²) in [5, 5.41) is 14.6. The molecule has 5 nitrogen and oxygen atoms in total. The molecule has 10 heteroatoms. The number of fused-ring (bicyclic) bond motifs is 1. The first-order valence-corrected chi connectivity index (χ1v) is 11.8. The van der Waals surface area contributed by atoms with Gasteiger partial charge in [-0.3, -0.25) is 14.6 Å². The summed E-state index contributed by atoms with van der Waals surface area (Å²) < 4.78 is 40.1. The van der Waals surface area contributed by atoms with Crippen molar-refractivity contribution in [3.63, 3.8) is 0 Å². The van der Waals surface area contributed by atoms with E-state index < -0.39 is 16.8 Å². The van der Waals surface area contributed by atoms with Gasteiger partial charge in [-0.05, 0) is 47.2 Å². The Bertz CT molecular complexity index is 1210. The van der Waals surface area contributed by atoms with Crippen LogP contribution in [-0.4, -0.2) is 53.5 Å². The van der Waals surface area contributed by atoms with Gasteiger partial charge in [0.15, 0.2) is 0 Å². The highest BCUT2D eigenvalue weighted by Gasteiger charge is 2.33. The quantitative estimate of drug-likeness (QED) is 0.421.